The van der Waals surface area contributed by atoms with Gasteiger partial charge < -0.3 is 5.32 Å². The number of benzene rings is 1. The first kappa shape index (κ1) is 17.8. The molecule has 0 aliphatic carbocycles. The molecule has 0 spiro atoms. The molecule has 4 nitrogen and oxygen atoms in total. The highest BCUT2D eigenvalue weighted by Crippen LogP contribution is 2.22. The number of carbonyl (C=O) groups is 1. The highest BCUT2D eigenvalue weighted by molar-refractivity contribution is 7.16. The number of thiophene rings is 1. The van der Waals surface area contributed by atoms with Crippen LogP contribution in [0.25, 0.3) is 6.08 Å². The SMILES string of the molecule is CCCC/C=C\c1cc(NC(=O)Nc2ccc(C#N)s2)ccc1C. The molecule has 0 aliphatic rings. The van der Waals surface area contributed by atoms with Crippen LogP contribution in [-0.4, -0.2) is 6.03 Å². The summed E-state index contributed by atoms with van der Waals surface area (Å²) in [6.45, 7) is 4.23. The second-order valence-corrected chi connectivity index (χ2v) is 6.55. The summed E-state index contributed by atoms with van der Waals surface area (Å²) in [6, 6.07) is 11.0. The first-order valence-corrected chi connectivity index (χ1v) is 8.79. The van der Waals surface area contributed by atoms with Gasteiger partial charge in [0, 0.05) is 5.69 Å². The van der Waals surface area contributed by atoms with Gasteiger partial charge in [0.15, 0.2) is 0 Å². The Morgan fingerprint density at radius 1 is 1.29 bits per heavy atom. The summed E-state index contributed by atoms with van der Waals surface area (Å²) < 4.78 is 0. The lowest BCUT2D eigenvalue weighted by atomic mass is 10.1. The maximum atomic E-state index is 12.1. The zero-order valence-electron chi connectivity index (χ0n) is 13.9. The number of nitrogens with one attached hydrogen (secondary N) is 2. The summed E-state index contributed by atoms with van der Waals surface area (Å²) in [7, 11) is 0. The van der Waals surface area contributed by atoms with Crippen molar-refractivity contribution in [1.29, 1.82) is 5.26 Å². The molecule has 1 heterocycles. The minimum atomic E-state index is -0.314. The predicted molar refractivity (Wildman–Crippen MR) is 101 cm³/mol. The highest BCUT2D eigenvalue weighted by atomic mass is 32.1. The molecular formula is C19H21N3OS. The zero-order valence-corrected chi connectivity index (χ0v) is 14.7. The van der Waals surface area contributed by atoms with Crippen LogP contribution in [0.4, 0.5) is 15.5 Å². The van der Waals surface area contributed by atoms with Gasteiger partial charge in [0.25, 0.3) is 0 Å². The molecule has 0 radical (unpaired) electrons. The van der Waals surface area contributed by atoms with Crippen molar-refractivity contribution >= 4 is 34.1 Å². The number of nitrogens with zero attached hydrogens (tertiary/aromatic N) is 1. The van der Waals surface area contributed by atoms with E-state index in [0.29, 0.717) is 9.88 Å². The van der Waals surface area contributed by atoms with E-state index in [0.717, 1.165) is 17.7 Å². The van der Waals surface area contributed by atoms with Gasteiger partial charge in [0.1, 0.15) is 10.9 Å². The lowest BCUT2D eigenvalue weighted by Crippen LogP contribution is -2.18. The van der Waals surface area contributed by atoms with E-state index < -0.39 is 0 Å². The fourth-order valence-electron chi connectivity index (χ4n) is 2.17. The van der Waals surface area contributed by atoms with Crippen LogP contribution in [0.5, 0.6) is 0 Å². The molecule has 0 unspecified atom stereocenters. The number of amides is 2. The Morgan fingerprint density at radius 3 is 2.83 bits per heavy atom. The number of rotatable bonds is 6. The van der Waals surface area contributed by atoms with Crippen molar-refractivity contribution in [2.45, 2.75) is 33.1 Å². The molecule has 0 saturated heterocycles. The van der Waals surface area contributed by atoms with Gasteiger partial charge in [0.05, 0.1) is 5.00 Å². The standard InChI is InChI=1S/C19H21N3OS/c1-3-4-5-6-7-15-12-16(9-8-14(15)2)21-19(23)22-18-11-10-17(13-20)24-18/h6-12H,3-5H2,1-2H3,(H2,21,22,23)/b7-6-. The summed E-state index contributed by atoms with van der Waals surface area (Å²) in [6.07, 6.45) is 7.70. The van der Waals surface area contributed by atoms with Gasteiger partial charge in [-0.2, -0.15) is 5.26 Å². The van der Waals surface area contributed by atoms with Gasteiger partial charge in [-0.05, 0) is 48.7 Å². The van der Waals surface area contributed by atoms with Gasteiger partial charge in [-0.15, -0.1) is 11.3 Å². The van der Waals surface area contributed by atoms with E-state index in [-0.39, 0.29) is 6.03 Å². The third-order valence-electron chi connectivity index (χ3n) is 3.51. The molecule has 2 N–H and O–H groups in total. The molecule has 2 aromatic rings. The molecule has 0 aliphatic heterocycles. The molecule has 1 aromatic heterocycles. The van der Waals surface area contributed by atoms with E-state index in [9.17, 15) is 4.79 Å². The third-order valence-corrected chi connectivity index (χ3v) is 4.42. The molecule has 0 atom stereocenters. The van der Waals surface area contributed by atoms with Crippen LogP contribution in [0.15, 0.2) is 36.4 Å². The van der Waals surface area contributed by atoms with Crippen molar-refractivity contribution in [3.63, 3.8) is 0 Å². The van der Waals surface area contributed by atoms with Gasteiger partial charge in [0.2, 0.25) is 0 Å². The number of hydrogen-bond acceptors (Lipinski definition) is 3. The monoisotopic (exact) mass is 339 g/mol. The Hall–Kier alpha value is -2.58. The van der Waals surface area contributed by atoms with Crippen LogP contribution in [0.2, 0.25) is 0 Å². The van der Waals surface area contributed by atoms with Gasteiger partial charge in [-0.1, -0.05) is 38.0 Å². The Kier molecular flexibility index (Phi) is 6.59. The van der Waals surface area contributed by atoms with Gasteiger partial charge in [-0.25, -0.2) is 4.79 Å². The molecule has 24 heavy (non-hydrogen) atoms. The average molecular weight is 339 g/mol. The van der Waals surface area contributed by atoms with Crippen LogP contribution in [0.1, 0.15) is 42.2 Å². The quantitative estimate of drug-likeness (QED) is 0.656. The summed E-state index contributed by atoms with van der Waals surface area (Å²) in [5, 5.41) is 15.0. The molecule has 2 amide bonds. The van der Waals surface area contributed by atoms with Crippen LogP contribution < -0.4 is 10.6 Å². The smallest absolute Gasteiger partial charge is 0.308 e. The fourth-order valence-corrected chi connectivity index (χ4v) is 2.87. The summed E-state index contributed by atoms with van der Waals surface area (Å²) in [5.74, 6) is 0. The van der Waals surface area contributed by atoms with E-state index in [2.05, 4.69) is 42.7 Å². The molecule has 0 saturated carbocycles. The number of carbonyl (C=O) groups excluding carboxylic acids is 1. The van der Waals surface area contributed by atoms with Crippen LogP contribution in [0.3, 0.4) is 0 Å². The number of anilines is 2. The molecule has 1 aromatic carbocycles. The maximum absolute atomic E-state index is 12.1. The number of hydrogen-bond donors (Lipinski definition) is 2. The third kappa shape index (κ3) is 5.25. The lowest BCUT2D eigenvalue weighted by molar-refractivity contribution is 0.262. The molecule has 5 heteroatoms. The largest absolute Gasteiger partial charge is 0.324 e. The number of nitriles is 1. The summed E-state index contributed by atoms with van der Waals surface area (Å²) >= 11 is 1.25. The molecule has 124 valence electrons. The van der Waals surface area contributed by atoms with Gasteiger partial charge in [-0.3, -0.25) is 5.32 Å². The Bertz CT molecular complexity index is 771. The molecule has 2 rings (SSSR count). The van der Waals surface area contributed by atoms with Crippen molar-refractivity contribution in [2.75, 3.05) is 10.6 Å². The first-order valence-electron chi connectivity index (χ1n) is 7.97. The van der Waals surface area contributed by atoms with Crippen LogP contribution in [-0.2, 0) is 0 Å². The number of urea groups is 1. The normalized spacial score (nSPS) is 10.5. The van der Waals surface area contributed by atoms with Crippen LogP contribution >= 0.6 is 11.3 Å². The molecule has 0 fully saturated rings. The first-order chi connectivity index (χ1) is 11.6. The van der Waals surface area contributed by atoms with Crippen molar-refractivity contribution in [1.82, 2.24) is 0 Å². The number of aryl methyl sites for hydroxylation is 1. The average Bonchev–Trinajstić information content (AvgIpc) is 3.01. The number of allylic oxidation sites excluding steroid dienone is 1. The summed E-state index contributed by atoms with van der Waals surface area (Å²) in [4.78, 5) is 12.6. The predicted octanol–water partition coefficient (Wildman–Crippen LogP) is 5.78. The topological polar surface area (TPSA) is 64.9 Å². The molecule has 0 bridgehead atoms. The maximum Gasteiger partial charge on any atom is 0.324 e. The van der Waals surface area contributed by atoms with E-state index in [1.807, 2.05) is 18.2 Å². The number of unbranched alkanes of at least 4 members (excludes halogenated alkanes) is 2. The fraction of sp³-hybridized carbons (Fsp3) is 0.263. The van der Waals surface area contributed by atoms with Crippen LogP contribution in [0, 0.1) is 18.3 Å². The summed E-state index contributed by atoms with van der Waals surface area (Å²) in [5.41, 5.74) is 3.02. The second-order valence-electron chi connectivity index (χ2n) is 5.47. The van der Waals surface area contributed by atoms with Crippen molar-refractivity contribution < 1.29 is 4.79 Å². The molecular weight excluding hydrogens is 318 g/mol. The lowest BCUT2D eigenvalue weighted by Gasteiger charge is -2.08. The van der Waals surface area contributed by atoms with Crippen molar-refractivity contribution in [3.8, 4) is 6.07 Å². The Balaban J connectivity index is 2.00. The van der Waals surface area contributed by atoms with Crippen molar-refractivity contribution in [3.05, 3.63) is 52.4 Å². The van der Waals surface area contributed by atoms with Crippen molar-refractivity contribution in [2.24, 2.45) is 0 Å². The zero-order chi connectivity index (χ0) is 17.4. The Labute approximate surface area is 146 Å². The minimum absolute atomic E-state index is 0.314. The second kappa shape index (κ2) is 8.90. The van der Waals surface area contributed by atoms with E-state index in [4.69, 9.17) is 5.26 Å². The van der Waals surface area contributed by atoms with E-state index >= 15 is 0 Å². The van der Waals surface area contributed by atoms with Gasteiger partial charge >= 0.3 is 6.03 Å². The van der Waals surface area contributed by atoms with E-state index in [1.54, 1.807) is 12.1 Å². The minimum Gasteiger partial charge on any atom is -0.308 e. The highest BCUT2D eigenvalue weighted by Gasteiger charge is 2.06. The van der Waals surface area contributed by atoms with E-state index in [1.165, 1.54) is 29.7 Å². The Morgan fingerprint density at radius 2 is 2.12 bits per heavy atom.